The highest BCUT2D eigenvalue weighted by atomic mass is 16.5. The molecule has 2 aliphatic carbocycles. The van der Waals surface area contributed by atoms with Gasteiger partial charge in [0.1, 0.15) is 0 Å². The molecule has 0 radical (unpaired) electrons. The molecule has 0 aromatic carbocycles. The Morgan fingerprint density at radius 2 is 2.23 bits per heavy atom. The van der Waals surface area contributed by atoms with Gasteiger partial charge in [-0.25, -0.2) is 0 Å². The van der Waals surface area contributed by atoms with Crippen molar-refractivity contribution in [1.29, 1.82) is 0 Å². The van der Waals surface area contributed by atoms with E-state index in [9.17, 15) is 4.79 Å². The molecule has 2 saturated carbocycles. The van der Waals surface area contributed by atoms with Crippen LogP contribution in [0.3, 0.4) is 0 Å². The summed E-state index contributed by atoms with van der Waals surface area (Å²) < 4.78 is 37.1. The number of fused-ring (bicyclic) bond motifs is 1. The highest BCUT2D eigenvalue weighted by Gasteiger charge is 2.63. The lowest BCUT2D eigenvalue weighted by atomic mass is 9.76. The summed E-state index contributed by atoms with van der Waals surface area (Å²) >= 11 is 0. The normalized spacial score (nSPS) is 60.4. The third-order valence-corrected chi connectivity index (χ3v) is 3.47. The van der Waals surface area contributed by atoms with E-state index in [4.69, 9.17) is 5.48 Å². The van der Waals surface area contributed by atoms with Gasteiger partial charge < -0.3 is 4.74 Å². The van der Waals surface area contributed by atoms with Crippen LogP contribution >= 0.6 is 0 Å². The molecule has 0 saturated heterocycles. The average Bonchev–Trinajstić information content (AvgIpc) is 2.80. The van der Waals surface area contributed by atoms with Gasteiger partial charge in [0, 0.05) is 5.48 Å². The number of rotatable bonds is 1. The van der Waals surface area contributed by atoms with Gasteiger partial charge in [-0.15, -0.1) is 0 Å². The van der Waals surface area contributed by atoms with Crippen molar-refractivity contribution in [3.05, 3.63) is 0 Å². The number of esters is 1. The van der Waals surface area contributed by atoms with Gasteiger partial charge in [0.15, 0.2) is 0 Å². The topological polar surface area (TPSA) is 26.3 Å². The lowest BCUT2D eigenvalue weighted by Gasteiger charge is -2.29. The molecule has 13 heavy (non-hydrogen) atoms. The third kappa shape index (κ3) is 1.18. The summed E-state index contributed by atoms with van der Waals surface area (Å²) in [5, 5.41) is 0. The first-order chi connectivity index (χ1) is 7.53. The summed E-state index contributed by atoms with van der Waals surface area (Å²) in [4.78, 5) is 11.7. The van der Waals surface area contributed by atoms with Crippen LogP contribution in [-0.2, 0) is 9.53 Å². The van der Waals surface area contributed by atoms with Gasteiger partial charge in [-0.05, 0) is 36.4 Å². The Balaban J connectivity index is 2.44. The van der Waals surface area contributed by atoms with Gasteiger partial charge in [0.25, 0.3) is 0 Å². The third-order valence-electron chi connectivity index (χ3n) is 3.47. The second-order valence-electron chi connectivity index (χ2n) is 4.44. The van der Waals surface area contributed by atoms with Crippen LogP contribution in [0.4, 0.5) is 0 Å². The number of hydrogen-bond acceptors (Lipinski definition) is 2. The Labute approximate surface area is 85.3 Å². The van der Waals surface area contributed by atoms with E-state index in [0.717, 1.165) is 0 Å². The molecule has 0 heterocycles. The molecule has 74 valence electrons. The van der Waals surface area contributed by atoms with E-state index in [-0.39, 0.29) is 6.42 Å². The fourth-order valence-corrected chi connectivity index (χ4v) is 2.18. The Hall–Kier alpha value is -0.530. The van der Waals surface area contributed by atoms with Gasteiger partial charge in [0.05, 0.1) is 13.0 Å². The maximum absolute atomic E-state index is 11.7. The molecule has 0 spiro atoms. The van der Waals surface area contributed by atoms with Crippen molar-refractivity contribution in [2.24, 2.45) is 16.7 Å². The minimum atomic E-state index is -1.71. The first-order valence-corrected chi connectivity index (χ1v) is 4.61. The lowest BCUT2D eigenvalue weighted by molar-refractivity contribution is -0.147. The monoisotopic (exact) mass is 186 g/mol. The Kier molecular flexibility index (Phi) is 1.03. The minimum Gasteiger partial charge on any atom is -0.469 e. The van der Waals surface area contributed by atoms with E-state index >= 15 is 0 Å². The van der Waals surface area contributed by atoms with Crippen molar-refractivity contribution >= 4 is 5.97 Å². The van der Waals surface area contributed by atoms with E-state index in [0.29, 0.717) is 6.42 Å². The highest BCUT2D eigenvalue weighted by molar-refractivity contribution is 5.72. The second-order valence-corrected chi connectivity index (χ2v) is 4.44. The highest BCUT2D eigenvalue weighted by Crippen LogP contribution is 2.71. The SMILES string of the molecule is [2H]C1([2H])[C@@H](C(=O)OC)CC([2H])([2H])[C@@]2(C)C[C@@]12C. The van der Waals surface area contributed by atoms with Crippen LogP contribution in [-0.4, -0.2) is 13.1 Å². The largest absolute Gasteiger partial charge is 0.469 e. The van der Waals surface area contributed by atoms with Gasteiger partial charge in [0.2, 0.25) is 0 Å². The molecule has 2 rings (SSSR count). The van der Waals surface area contributed by atoms with Crippen molar-refractivity contribution in [1.82, 2.24) is 0 Å². The van der Waals surface area contributed by atoms with Crippen LogP contribution in [0.5, 0.6) is 0 Å². The number of methoxy groups -OCH3 is 1. The molecule has 0 aromatic heterocycles. The van der Waals surface area contributed by atoms with E-state index in [1.54, 1.807) is 13.8 Å². The first kappa shape index (κ1) is 5.38. The molecule has 0 unspecified atom stereocenters. The molecular weight excluding hydrogens is 164 g/mol. The minimum absolute atomic E-state index is 0.0984. The Morgan fingerprint density at radius 3 is 2.85 bits per heavy atom. The van der Waals surface area contributed by atoms with Crippen LogP contribution in [0.15, 0.2) is 0 Å². The molecule has 0 bridgehead atoms. The molecule has 0 aromatic rings. The molecule has 0 aliphatic heterocycles. The lowest BCUT2D eigenvalue weighted by Crippen LogP contribution is -2.27. The zero-order chi connectivity index (χ0) is 13.3. The molecule has 2 fully saturated rings. The summed E-state index contributed by atoms with van der Waals surface area (Å²) in [7, 11) is 1.22. The summed E-state index contributed by atoms with van der Waals surface area (Å²) in [5.41, 5.74) is -1.45. The fraction of sp³-hybridized carbons (Fsp3) is 0.909. The molecule has 2 nitrogen and oxygen atoms in total. The molecular formula is C11H18O2. The number of hydrogen-bond donors (Lipinski definition) is 0. The second kappa shape index (κ2) is 2.49. The smallest absolute Gasteiger partial charge is 0.308 e. The van der Waals surface area contributed by atoms with E-state index in [1.807, 2.05) is 0 Å². The first-order valence-electron chi connectivity index (χ1n) is 6.61. The maximum Gasteiger partial charge on any atom is 0.308 e. The number of carbonyl (C=O) groups is 1. The molecule has 0 amide bonds. The predicted octanol–water partition coefficient (Wildman–Crippen LogP) is 2.38. The molecule has 2 heteroatoms. The van der Waals surface area contributed by atoms with Gasteiger partial charge in [-0.3, -0.25) is 4.79 Å². The Morgan fingerprint density at radius 1 is 1.54 bits per heavy atom. The zero-order valence-electron chi connectivity index (χ0n) is 12.3. The van der Waals surface area contributed by atoms with Gasteiger partial charge in [-0.1, -0.05) is 13.8 Å². The predicted molar refractivity (Wildman–Crippen MR) is 50.2 cm³/mol. The van der Waals surface area contributed by atoms with E-state index < -0.39 is 35.5 Å². The van der Waals surface area contributed by atoms with E-state index in [1.165, 1.54) is 7.11 Å². The van der Waals surface area contributed by atoms with Crippen molar-refractivity contribution in [2.75, 3.05) is 7.11 Å². The average molecular weight is 186 g/mol. The standard InChI is InChI=1S/C11H18O2/c1-10-5-4-8(9(12)13-3)6-11(10,2)7-10/h8H,4-7H2,1-3H3/t8-,10-,11+/m0/s1/i5D2,6D2. The summed E-state index contributed by atoms with van der Waals surface area (Å²) in [5.74, 6) is -1.66. The van der Waals surface area contributed by atoms with E-state index in [2.05, 4.69) is 4.74 Å². The summed E-state index contributed by atoms with van der Waals surface area (Å²) in [6, 6.07) is 0. The van der Waals surface area contributed by atoms with Gasteiger partial charge in [-0.2, -0.15) is 0 Å². The van der Waals surface area contributed by atoms with Crippen molar-refractivity contribution in [2.45, 2.75) is 39.4 Å². The molecule has 3 atom stereocenters. The van der Waals surface area contributed by atoms with Gasteiger partial charge >= 0.3 is 5.97 Å². The summed E-state index contributed by atoms with van der Waals surface area (Å²) in [6.45, 7) is 3.51. The maximum atomic E-state index is 11.7. The quantitative estimate of drug-likeness (QED) is 0.588. The molecule has 0 N–H and O–H groups in total. The zero-order valence-corrected chi connectivity index (χ0v) is 8.31. The van der Waals surface area contributed by atoms with Crippen LogP contribution < -0.4 is 0 Å². The van der Waals surface area contributed by atoms with Crippen LogP contribution in [0.2, 0.25) is 0 Å². The van der Waals surface area contributed by atoms with Crippen LogP contribution in [0.1, 0.15) is 44.9 Å². The van der Waals surface area contributed by atoms with Crippen LogP contribution in [0.25, 0.3) is 0 Å². The fourth-order valence-electron chi connectivity index (χ4n) is 2.18. The summed E-state index contributed by atoms with van der Waals surface area (Å²) in [6.07, 6.45) is -2.85. The molecule has 2 aliphatic rings. The van der Waals surface area contributed by atoms with Crippen molar-refractivity contribution in [3.63, 3.8) is 0 Å². The van der Waals surface area contributed by atoms with Crippen molar-refractivity contribution < 1.29 is 15.0 Å². The van der Waals surface area contributed by atoms with Crippen LogP contribution in [0, 0.1) is 16.7 Å². The number of carbonyl (C=O) groups excluding carboxylic acids is 1. The number of ether oxygens (including phenoxy) is 1. The van der Waals surface area contributed by atoms with Crippen molar-refractivity contribution in [3.8, 4) is 0 Å². The Bertz CT molecular complexity index is 382.